The summed E-state index contributed by atoms with van der Waals surface area (Å²) in [4.78, 5) is 42.4. The van der Waals surface area contributed by atoms with Crippen LogP contribution in [0, 0.1) is 0 Å². The Bertz CT molecular complexity index is 1400. The maximum atomic E-state index is 13.2. The highest BCUT2D eigenvalue weighted by Crippen LogP contribution is 2.24. The molecule has 1 aliphatic heterocycles. The number of piperazine rings is 1. The molecule has 0 radical (unpaired) electrons. The zero-order valence-corrected chi connectivity index (χ0v) is 20.7. The van der Waals surface area contributed by atoms with E-state index in [0.717, 1.165) is 22.3 Å². The number of hydrogen-bond acceptors (Lipinski definition) is 7. The summed E-state index contributed by atoms with van der Waals surface area (Å²) in [5.41, 5.74) is 2.21. The molecule has 0 unspecified atom stereocenters. The molecule has 9 heteroatoms. The molecule has 37 heavy (non-hydrogen) atoms. The van der Waals surface area contributed by atoms with Gasteiger partial charge in [-0.15, -0.1) is 0 Å². The lowest BCUT2D eigenvalue weighted by atomic mass is 10.2. The average molecular weight is 496 g/mol. The molecule has 1 saturated heterocycles. The molecule has 2 N–H and O–H groups in total. The van der Waals surface area contributed by atoms with Crippen LogP contribution in [0.2, 0.25) is 0 Å². The van der Waals surface area contributed by atoms with Crippen molar-refractivity contribution in [2.45, 2.75) is 6.92 Å². The highest BCUT2D eigenvalue weighted by molar-refractivity contribution is 5.95. The van der Waals surface area contributed by atoms with Gasteiger partial charge >= 0.3 is 0 Å². The summed E-state index contributed by atoms with van der Waals surface area (Å²) in [7, 11) is 0. The second-order valence-corrected chi connectivity index (χ2v) is 8.88. The van der Waals surface area contributed by atoms with Gasteiger partial charge in [-0.05, 0) is 12.1 Å². The zero-order chi connectivity index (χ0) is 25.6. The molecule has 5 rings (SSSR count). The van der Waals surface area contributed by atoms with E-state index >= 15 is 0 Å². The number of carbonyl (C=O) groups excluding carboxylic acids is 2. The first-order valence-electron chi connectivity index (χ1n) is 12.4. The quantitative estimate of drug-likeness (QED) is 0.380. The van der Waals surface area contributed by atoms with E-state index in [0.29, 0.717) is 56.6 Å². The molecule has 4 aromatic rings. The number of benzene rings is 2. The fourth-order valence-corrected chi connectivity index (χ4v) is 4.32. The number of anilines is 2. The fraction of sp³-hybridized carbons (Fsp3) is 0.250. The lowest BCUT2D eigenvalue weighted by molar-refractivity contribution is -0.118. The van der Waals surface area contributed by atoms with Gasteiger partial charge in [0.05, 0.1) is 5.52 Å². The molecule has 2 aromatic carbocycles. The van der Waals surface area contributed by atoms with Crippen LogP contribution in [0.3, 0.4) is 0 Å². The number of rotatable bonds is 7. The number of nitrogens with one attached hydrogen (secondary N) is 2. The molecule has 1 aliphatic rings. The molecule has 0 spiro atoms. The second-order valence-electron chi connectivity index (χ2n) is 8.88. The lowest BCUT2D eigenvalue weighted by Crippen LogP contribution is -2.49. The molecule has 188 valence electrons. The van der Waals surface area contributed by atoms with Gasteiger partial charge in [-0.25, -0.2) is 15.0 Å². The molecular weight excluding hydrogens is 466 g/mol. The maximum Gasteiger partial charge on any atom is 0.272 e. The van der Waals surface area contributed by atoms with Crippen LogP contribution in [0.25, 0.3) is 22.3 Å². The van der Waals surface area contributed by atoms with Gasteiger partial charge in [0.1, 0.15) is 17.3 Å². The number of fused-ring (bicyclic) bond motifs is 1. The molecule has 2 amide bonds. The summed E-state index contributed by atoms with van der Waals surface area (Å²) in [5.74, 6) is 1.98. The predicted octanol–water partition coefficient (Wildman–Crippen LogP) is 3.20. The van der Waals surface area contributed by atoms with Crippen molar-refractivity contribution in [3.05, 3.63) is 78.5 Å². The van der Waals surface area contributed by atoms with E-state index in [1.807, 2.05) is 71.6 Å². The summed E-state index contributed by atoms with van der Waals surface area (Å²) in [6.07, 6.45) is 0. The number of nitrogens with zero attached hydrogens (tertiary/aromatic N) is 5. The van der Waals surface area contributed by atoms with Crippen LogP contribution in [0.1, 0.15) is 17.4 Å². The van der Waals surface area contributed by atoms with Crippen LogP contribution in [-0.2, 0) is 4.79 Å². The molecule has 0 saturated carbocycles. The molecular formula is C28H29N7O2. The highest BCUT2D eigenvalue weighted by Gasteiger charge is 2.24. The van der Waals surface area contributed by atoms with Crippen molar-refractivity contribution in [1.29, 1.82) is 0 Å². The molecule has 1 fully saturated rings. The van der Waals surface area contributed by atoms with Gasteiger partial charge in [0.2, 0.25) is 5.91 Å². The minimum atomic E-state index is -0.0681. The molecule has 0 aliphatic carbocycles. The summed E-state index contributed by atoms with van der Waals surface area (Å²) < 4.78 is 0. The van der Waals surface area contributed by atoms with Gasteiger partial charge < -0.3 is 20.4 Å². The Balaban J connectivity index is 1.30. The van der Waals surface area contributed by atoms with Crippen molar-refractivity contribution in [2.24, 2.45) is 0 Å². The first-order valence-corrected chi connectivity index (χ1v) is 12.4. The minimum Gasteiger partial charge on any atom is -0.368 e. The minimum absolute atomic E-state index is 0.0570. The van der Waals surface area contributed by atoms with E-state index in [1.165, 1.54) is 6.92 Å². The summed E-state index contributed by atoms with van der Waals surface area (Å²) in [6.45, 7) is 4.99. The number of amides is 2. The number of aromatic nitrogens is 3. The predicted molar refractivity (Wildman–Crippen MR) is 145 cm³/mol. The fourth-order valence-electron chi connectivity index (χ4n) is 4.32. The van der Waals surface area contributed by atoms with Crippen molar-refractivity contribution in [2.75, 3.05) is 49.5 Å². The summed E-state index contributed by atoms with van der Waals surface area (Å²) >= 11 is 0. The maximum absolute atomic E-state index is 13.2. The van der Waals surface area contributed by atoms with Gasteiger partial charge in [0, 0.05) is 63.2 Å². The zero-order valence-electron chi connectivity index (χ0n) is 20.7. The molecule has 9 nitrogen and oxygen atoms in total. The van der Waals surface area contributed by atoms with E-state index in [1.54, 1.807) is 6.07 Å². The van der Waals surface area contributed by atoms with Gasteiger partial charge in [-0.2, -0.15) is 0 Å². The molecule has 0 bridgehead atoms. The van der Waals surface area contributed by atoms with E-state index in [4.69, 9.17) is 4.98 Å². The number of carbonyl (C=O) groups is 2. The Hall–Kier alpha value is -4.53. The topological polar surface area (TPSA) is 103 Å². The second kappa shape index (κ2) is 11.0. The van der Waals surface area contributed by atoms with Crippen LogP contribution < -0.4 is 15.5 Å². The molecule has 0 atom stereocenters. The molecule has 2 aromatic heterocycles. The van der Waals surface area contributed by atoms with Gasteiger partial charge in [-0.1, -0.05) is 54.6 Å². The Labute approximate surface area is 215 Å². The van der Waals surface area contributed by atoms with Gasteiger partial charge in [0.25, 0.3) is 5.91 Å². The van der Waals surface area contributed by atoms with Crippen LogP contribution in [0.15, 0.2) is 72.8 Å². The first kappa shape index (κ1) is 24.2. The third-order valence-electron chi connectivity index (χ3n) is 6.26. The van der Waals surface area contributed by atoms with Gasteiger partial charge in [0.15, 0.2) is 5.82 Å². The molecule has 3 heterocycles. The Kier molecular flexibility index (Phi) is 7.21. The van der Waals surface area contributed by atoms with Crippen molar-refractivity contribution >= 4 is 34.4 Å². The largest absolute Gasteiger partial charge is 0.368 e. The number of hydrogen-bond donors (Lipinski definition) is 2. The van der Waals surface area contributed by atoms with Crippen molar-refractivity contribution in [3.8, 4) is 11.4 Å². The summed E-state index contributed by atoms with van der Waals surface area (Å²) in [6, 6.07) is 23.3. The number of pyridine rings is 1. The Morgan fingerprint density at radius 2 is 1.59 bits per heavy atom. The van der Waals surface area contributed by atoms with Crippen LogP contribution in [0.4, 0.5) is 11.6 Å². The SMILES string of the molecule is CC(=O)NCCNc1cc(N2CCN(C(=O)c3ccc4ccccc4n3)CC2)nc(-c2ccccc2)n1. The standard InChI is InChI=1S/C28H29N7O2/c1-20(36)29-13-14-30-25-19-26(33-27(32-25)22-8-3-2-4-9-22)34-15-17-35(18-16-34)28(37)24-12-11-21-7-5-6-10-23(21)31-24/h2-12,19H,13-18H2,1H3,(H,29,36)(H,30,32,33). The number of para-hydroxylation sites is 1. The van der Waals surface area contributed by atoms with Crippen molar-refractivity contribution < 1.29 is 9.59 Å². The van der Waals surface area contributed by atoms with E-state index in [-0.39, 0.29) is 11.8 Å². The van der Waals surface area contributed by atoms with Crippen LogP contribution >= 0.6 is 0 Å². The normalized spacial score (nSPS) is 13.4. The van der Waals surface area contributed by atoms with E-state index in [2.05, 4.69) is 25.5 Å². The van der Waals surface area contributed by atoms with E-state index in [9.17, 15) is 9.59 Å². The van der Waals surface area contributed by atoms with Crippen LogP contribution in [-0.4, -0.2) is 70.9 Å². The Morgan fingerprint density at radius 3 is 2.38 bits per heavy atom. The van der Waals surface area contributed by atoms with Gasteiger partial charge in [-0.3, -0.25) is 9.59 Å². The van der Waals surface area contributed by atoms with Crippen molar-refractivity contribution in [3.63, 3.8) is 0 Å². The monoisotopic (exact) mass is 495 g/mol. The van der Waals surface area contributed by atoms with Crippen molar-refractivity contribution in [1.82, 2.24) is 25.2 Å². The van der Waals surface area contributed by atoms with E-state index < -0.39 is 0 Å². The Morgan fingerprint density at radius 1 is 0.838 bits per heavy atom. The average Bonchev–Trinajstić information content (AvgIpc) is 2.95. The smallest absolute Gasteiger partial charge is 0.272 e. The highest BCUT2D eigenvalue weighted by atomic mass is 16.2. The lowest BCUT2D eigenvalue weighted by Gasteiger charge is -2.35. The summed E-state index contributed by atoms with van der Waals surface area (Å²) in [5, 5.41) is 7.09. The van der Waals surface area contributed by atoms with Crippen LogP contribution in [0.5, 0.6) is 0 Å². The first-order chi connectivity index (χ1) is 18.1. The third-order valence-corrected chi connectivity index (χ3v) is 6.26. The third kappa shape index (κ3) is 5.83.